The predicted molar refractivity (Wildman–Crippen MR) is 68.3 cm³/mol. The van der Waals surface area contributed by atoms with Gasteiger partial charge >= 0.3 is 0 Å². The van der Waals surface area contributed by atoms with Gasteiger partial charge in [-0.15, -0.1) is 0 Å². The molecule has 0 atom stereocenters. The van der Waals surface area contributed by atoms with Crippen molar-refractivity contribution < 1.29 is 9.59 Å². The van der Waals surface area contributed by atoms with Gasteiger partial charge in [-0.1, -0.05) is 41.5 Å². The van der Waals surface area contributed by atoms with E-state index < -0.39 is 10.8 Å². The molecule has 0 aromatic rings. The van der Waals surface area contributed by atoms with E-state index in [1.165, 1.54) is 0 Å². The number of amides is 1. The first-order chi connectivity index (χ1) is 7.13. The monoisotopic (exact) mass is 229 g/mol. The molecule has 0 unspecified atom stereocenters. The quantitative estimate of drug-likeness (QED) is 0.805. The van der Waals surface area contributed by atoms with E-state index in [1.807, 2.05) is 41.5 Å². The third-order valence-electron chi connectivity index (χ3n) is 2.68. The highest BCUT2D eigenvalue weighted by molar-refractivity contribution is 5.85. The number of rotatable bonds is 4. The van der Waals surface area contributed by atoms with Gasteiger partial charge in [0.15, 0.2) is 0 Å². The number of carbonyl (C=O) groups is 2. The number of carbonyl (C=O) groups excluding carboxylic acids is 2. The average Bonchev–Trinajstić information content (AvgIpc) is 2.17. The molecule has 0 rings (SSSR count). The fraction of sp³-hybridized carbons (Fsp3) is 0.846. The fourth-order valence-corrected chi connectivity index (χ4v) is 1.65. The molecular formula is C13H27NO2. The molecule has 0 heterocycles. The highest BCUT2D eigenvalue weighted by atomic mass is 16.2. The van der Waals surface area contributed by atoms with E-state index >= 15 is 0 Å². The summed E-state index contributed by atoms with van der Waals surface area (Å²) >= 11 is 0. The Morgan fingerprint density at radius 1 is 1.00 bits per heavy atom. The molecule has 3 heteroatoms. The standard InChI is InChI=1S/C11H21NO2.C2H6/c1-8(13)10(2,3)7-11(4,5)9(14)12-6;1-2/h7H2,1-6H3,(H,12,14);1-2H3. The first-order valence-electron chi connectivity index (χ1n) is 5.87. The minimum atomic E-state index is -0.496. The molecule has 0 aromatic heterocycles. The maximum Gasteiger partial charge on any atom is 0.225 e. The summed E-state index contributed by atoms with van der Waals surface area (Å²) in [6, 6.07) is 0. The summed E-state index contributed by atoms with van der Waals surface area (Å²) < 4.78 is 0. The highest BCUT2D eigenvalue weighted by Crippen LogP contribution is 2.34. The van der Waals surface area contributed by atoms with Crippen molar-refractivity contribution in [2.24, 2.45) is 10.8 Å². The smallest absolute Gasteiger partial charge is 0.225 e. The molecular weight excluding hydrogens is 202 g/mol. The number of hydrogen-bond acceptors (Lipinski definition) is 2. The van der Waals surface area contributed by atoms with Crippen LogP contribution in [0.5, 0.6) is 0 Å². The minimum Gasteiger partial charge on any atom is -0.359 e. The largest absolute Gasteiger partial charge is 0.359 e. The van der Waals surface area contributed by atoms with Gasteiger partial charge in [-0.05, 0) is 13.3 Å². The molecule has 0 aliphatic rings. The van der Waals surface area contributed by atoms with Gasteiger partial charge in [-0.25, -0.2) is 0 Å². The first kappa shape index (κ1) is 17.5. The third kappa shape index (κ3) is 5.29. The molecule has 0 aromatic carbocycles. The summed E-state index contributed by atoms with van der Waals surface area (Å²) in [7, 11) is 1.62. The molecule has 0 saturated heterocycles. The van der Waals surface area contributed by atoms with Crippen LogP contribution in [-0.4, -0.2) is 18.7 Å². The molecule has 0 saturated carbocycles. The van der Waals surface area contributed by atoms with Crippen LogP contribution < -0.4 is 5.32 Å². The highest BCUT2D eigenvalue weighted by Gasteiger charge is 2.36. The Labute approximate surface area is 100.0 Å². The second kappa shape index (κ2) is 6.66. The lowest BCUT2D eigenvalue weighted by atomic mass is 9.72. The van der Waals surface area contributed by atoms with E-state index in [0.717, 1.165) is 0 Å². The third-order valence-corrected chi connectivity index (χ3v) is 2.68. The van der Waals surface area contributed by atoms with Gasteiger partial charge < -0.3 is 5.32 Å². The van der Waals surface area contributed by atoms with Gasteiger partial charge in [0, 0.05) is 17.9 Å². The molecule has 1 N–H and O–H groups in total. The van der Waals surface area contributed by atoms with E-state index in [0.29, 0.717) is 6.42 Å². The summed E-state index contributed by atoms with van der Waals surface area (Å²) in [5.41, 5.74) is -0.931. The van der Waals surface area contributed by atoms with Gasteiger partial charge in [-0.2, -0.15) is 0 Å². The SMILES string of the molecule is CC.CNC(=O)C(C)(C)CC(C)(C)C(C)=O. The van der Waals surface area contributed by atoms with E-state index in [9.17, 15) is 9.59 Å². The number of hydrogen-bond donors (Lipinski definition) is 1. The molecule has 0 spiro atoms. The van der Waals surface area contributed by atoms with Crippen molar-refractivity contribution in [2.75, 3.05) is 7.05 Å². The lowest BCUT2D eigenvalue weighted by molar-refractivity contribution is -0.133. The van der Waals surface area contributed by atoms with E-state index in [4.69, 9.17) is 0 Å². The van der Waals surface area contributed by atoms with Crippen molar-refractivity contribution in [3.05, 3.63) is 0 Å². The zero-order valence-corrected chi connectivity index (χ0v) is 12.0. The van der Waals surface area contributed by atoms with Crippen LogP contribution in [0.25, 0.3) is 0 Å². The van der Waals surface area contributed by atoms with Crippen molar-refractivity contribution in [3.8, 4) is 0 Å². The molecule has 0 aliphatic carbocycles. The van der Waals surface area contributed by atoms with Crippen LogP contribution >= 0.6 is 0 Å². The van der Waals surface area contributed by atoms with Gasteiger partial charge in [0.2, 0.25) is 5.91 Å². The van der Waals surface area contributed by atoms with Crippen molar-refractivity contribution in [1.29, 1.82) is 0 Å². The lowest BCUT2D eigenvalue weighted by Crippen LogP contribution is -2.39. The van der Waals surface area contributed by atoms with Gasteiger partial charge in [-0.3, -0.25) is 9.59 Å². The van der Waals surface area contributed by atoms with Crippen LogP contribution in [0, 0.1) is 10.8 Å². The Hall–Kier alpha value is -0.860. The lowest BCUT2D eigenvalue weighted by Gasteiger charge is -2.31. The molecule has 16 heavy (non-hydrogen) atoms. The van der Waals surface area contributed by atoms with Crippen LogP contribution in [0.1, 0.15) is 54.9 Å². The minimum absolute atomic E-state index is 0.0215. The Morgan fingerprint density at radius 3 is 1.62 bits per heavy atom. The molecule has 3 nitrogen and oxygen atoms in total. The Balaban J connectivity index is 0. The van der Waals surface area contributed by atoms with Crippen molar-refractivity contribution in [3.63, 3.8) is 0 Å². The average molecular weight is 229 g/mol. The molecule has 0 radical (unpaired) electrons. The Morgan fingerprint density at radius 2 is 1.38 bits per heavy atom. The van der Waals surface area contributed by atoms with Crippen molar-refractivity contribution >= 4 is 11.7 Å². The van der Waals surface area contributed by atoms with E-state index in [-0.39, 0.29) is 11.7 Å². The summed E-state index contributed by atoms with van der Waals surface area (Å²) in [5, 5.41) is 2.62. The second-order valence-corrected chi connectivity index (χ2v) is 5.08. The zero-order chi connectivity index (χ0) is 13.6. The van der Waals surface area contributed by atoms with Gasteiger partial charge in [0.05, 0.1) is 0 Å². The van der Waals surface area contributed by atoms with E-state index in [1.54, 1.807) is 14.0 Å². The number of ketones is 1. The molecule has 1 amide bonds. The van der Waals surface area contributed by atoms with Gasteiger partial charge in [0.1, 0.15) is 5.78 Å². The molecule has 0 bridgehead atoms. The van der Waals surface area contributed by atoms with Crippen molar-refractivity contribution in [1.82, 2.24) is 5.32 Å². The Kier molecular flexibility index (Phi) is 7.30. The van der Waals surface area contributed by atoms with E-state index in [2.05, 4.69) is 5.32 Å². The Bertz CT molecular complexity index is 242. The molecule has 0 aliphatic heterocycles. The number of Topliss-reactive ketones (excluding diaryl/α,β-unsaturated/α-hetero) is 1. The summed E-state index contributed by atoms with van der Waals surface area (Å²) in [5.74, 6) is 0.0984. The van der Waals surface area contributed by atoms with Crippen LogP contribution in [0.3, 0.4) is 0 Å². The summed E-state index contributed by atoms with van der Waals surface area (Å²) in [6.45, 7) is 13.0. The summed E-state index contributed by atoms with van der Waals surface area (Å²) in [4.78, 5) is 22.8. The van der Waals surface area contributed by atoms with Crippen LogP contribution in [0.15, 0.2) is 0 Å². The predicted octanol–water partition coefficient (Wildman–Crippen LogP) is 2.79. The van der Waals surface area contributed by atoms with Crippen LogP contribution in [0.4, 0.5) is 0 Å². The maximum atomic E-state index is 11.5. The number of nitrogens with one attached hydrogen (secondary N) is 1. The zero-order valence-electron chi connectivity index (χ0n) is 12.0. The maximum absolute atomic E-state index is 11.5. The molecule has 0 fully saturated rings. The van der Waals surface area contributed by atoms with Crippen LogP contribution in [-0.2, 0) is 9.59 Å². The second-order valence-electron chi connectivity index (χ2n) is 5.08. The molecule has 96 valence electrons. The first-order valence-corrected chi connectivity index (χ1v) is 5.87. The fourth-order valence-electron chi connectivity index (χ4n) is 1.65. The topological polar surface area (TPSA) is 46.2 Å². The van der Waals surface area contributed by atoms with Gasteiger partial charge in [0.25, 0.3) is 0 Å². The van der Waals surface area contributed by atoms with Crippen molar-refractivity contribution in [2.45, 2.75) is 54.9 Å². The normalized spacial score (nSPS) is 11.2. The van der Waals surface area contributed by atoms with Crippen LogP contribution in [0.2, 0.25) is 0 Å². The summed E-state index contributed by atoms with van der Waals surface area (Å²) in [6.07, 6.45) is 0.564.